The van der Waals surface area contributed by atoms with Crippen LogP contribution in [-0.2, 0) is 4.79 Å². The lowest BCUT2D eigenvalue weighted by atomic mass is 10.1. The highest BCUT2D eigenvalue weighted by Crippen LogP contribution is 2.06. The molecule has 1 heteroatoms. The molecule has 0 aromatic rings. The summed E-state index contributed by atoms with van der Waals surface area (Å²) in [4.78, 5) is 10.4. The maximum absolute atomic E-state index is 10.4. The number of carbonyl (C=O) groups is 1. The molecule has 10 heavy (non-hydrogen) atoms. The van der Waals surface area contributed by atoms with E-state index in [2.05, 4.69) is 13.8 Å². The molecule has 0 radical (unpaired) electrons. The van der Waals surface area contributed by atoms with E-state index in [1.807, 2.05) is 6.08 Å². The molecule has 0 fully saturated rings. The van der Waals surface area contributed by atoms with E-state index in [0.717, 1.165) is 6.42 Å². The van der Waals surface area contributed by atoms with E-state index in [0.29, 0.717) is 5.92 Å². The smallest absolute Gasteiger partial charge is 0.152 e. The molecule has 0 aliphatic carbocycles. The molecule has 1 atom stereocenters. The number of hydrogen-bond acceptors (Lipinski definition) is 1. The second-order valence-electron chi connectivity index (χ2n) is 2.76. The monoisotopic (exact) mass is 140 g/mol. The van der Waals surface area contributed by atoms with Gasteiger partial charge in [0, 0.05) is 0 Å². The molecule has 0 aliphatic rings. The number of ketones is 1. The third-order valence-electron chi connectivity index (χ3n) is 1.59. The van der Waals surface area contributed by atoms with Gasteiger partial charge in [0.15, 0.2) is 5.78 Å². The van der Waals surface area contributed by atoms with Gasteiger partial charge in [-0.1, -0.05) is 26.3 Å². The number of rotatable bonds is 4. The summed E-state index contributed by atoms with van der Waals surface area (Å²) >= 11 is 0. The Bertz CT molecular complexity index is 125. The number of hydrogen-bond donors (Lipinski definition) is 0. The molecule has 1 unspecified atom stereocenters. The quantitative estimate of drug-likeness (QED) is 0.548. The summed E-state index contributed by atoms with van der Waals surface area (Å²) in [6, 6.07) is 0. The molecular formula is C9H16O. The van der Waals surface area contributed by atoms with E-state index < -0.39 is 0 Å². The molecule has 0 amide bonds. The Kier molecular flexibility index (Phi) is 4.91. The van der Waals surface area contributed by atoms with Gasteiger partial charge in [-0.25, -0.2) is 0 Å². The van der Waals surface area contributed by atoms with Gasteiger partial charge in [0.1, 0.15) is 0 Å². The maximum Gasteiger partial charge on any atom is 0.152 e. The van der Waals surface area contributed by atoms with Crippen LogP contribution in [-0.4, -0.2) is 5.78 Å². The van der Waals surface area contributed by atoms with Gasteiger partial charge in [0.25, 0.3) is 0 Å². The second-order valence-corrected chi connectivity index (χ2v) is 2.76. The number of carbonyl (C=O) groups excluding carboxylic acids is 1. The van der Waals surface area contributed by atoms with Crippen molar-refractivity contribution in [3.63, 3.8) is 0 Å². The van der Waals surface area contributed by atoms with Gasteiger partial charge in [-0.2, -0.15) is 0 Å². The van der Waals surface area contributed by atoms with Gasteiger partial charge in [-0.05, 0) is 25.3 Å². The van der Waals surface area contributed by atoms with Crippen LogP contribution in [0.1, 0.15) is 33.6 Å². The molecule has 1 nitrogen and oxygen atoms in total. The lowest BCUT2D eigenvalue weighted by Gasteiger charge is -2.01. The lowest BCUT2D eigenvalue weighted by molar-refractivity contribution is -0.112. The van der Waals surface area contributed by atoms with Crippen molar-refractivity contribution in [2.45, 2.75) is 33.6 Å². The molecule has 0 N–H and O–H groups in total. The predicted molar refractivity (Wildman–Crippen MR) is 43.9 cm³/mol. The van der Waals surface area contributed by atoms with Crippen LogP contribution in [0.25, 0.3) is 0 Å². The predicted octanol–water partition coefficient (Wildman–Crippen LogP) is 2.57. The topological polar surface area (TPSA) is 17.1 Å². The van der Waals surface area contributed by atoms with Crippen molar-refractivity contribution in [1.82, 2.24) is 0 Å². The molecule has 0 saturated heterocycles. The van der Waals surface area contributed by atoms with Crippen molar-refractivity contribution in [1.29, 1.82) is 0 Å². The van der Waals surface area contributed by atoms with Crippen molar-refractivity contribution in [2.75, 3.05) is 0 Å². The summed E-state index contributed by atoms with van der Waals surface area (Å²) in [5, 5.41) is 0. The summed E-state index contributed by atoms with van der Waals surface area (Å²) < 4.78 is 0. The molecule has 0 aromatic heterocycles. The van der Waals surface area contributed by atoms with E-state index >= 15 is 0 Å². The van der Waals surface area contributed by atoms with Crippen LogP contribution in [0.2, 0.25) is 0 Å². The summed E-state index contributed by atoms with van der Waals surface area (Å²) in [6.45, 7) is 5.92. The normalized spacial score (nSPS) is 13.9. The van der Waals surface area contributed by atoms with Crippen LogP contribution in [0.15, 0.2) is 12.2 Å². The first kappa shape index (κ1) is 9.41. The van der Waals surface area contributed by atoms with Crippen molar-refractivity contribution < 1.29 is 4.79 Å². The van der Waals surface area contributed by atoms with Gasteiger partial charge < -0.3 is 0 Å². The van der Waals surface area contributed by atoms with Gasteiger partial charge >= 0.3 is 0 Å². The first-order valence-corrected chi connectivity index (χ1v) is 3.84. The third kappa shape index (κ3) is 5.54. The summed E-state index contributed by atoms with van der Waals surface area (Å²) in [7, 11) is 0. The highest BCUT2D eigenvalue weighted by Gasteiger charge is 1.93. The Labute approximate surface area is 63.1 Å². The van der Waals surface area contributed by atoms with Gasteiger partial charge in [-0.3, -0.25) is 4.79 Å². The summed E-state index contributed by atoms with van der Waals surface area (Å²) in [5.74, 6) is 0.846. The Hall–Kier alpha value is -0.590. The molecule has 0 spiro atoms. The standard InChI is InChI=1S/C9H16O/c1-4-8(2)6-5-7-9(3)10/h5,7-8H,4,6H2,1-3H3/b7-5+. The van der Waals surface area contributed by atoms with Gasteiger partial charge in [-0.15, -0.1) is 0 Å². The van der Waals surface area contributed by atoms with Crippen LogP contribution in [0, 0.1) is 5.92 Å². The molecule has 0 bridgehead atoms. The van der Waals surface area contributed by atoms with Crippen LogP contribution in [0.5, 0.6) is 0 Å². The van der Waals surface area contributed by atoms with Crippen LogP contribution in [0.3, 0.4) is 0 Å². The fourth-order valence-corrected chi connectivity index (χ4v) is 0.633. The minimum atomic E-state index is 0.142. The summed E-state index contributed by atoms with van der Waals surface area (Å²) in [5.41, 5.74) is 0. The minimum absolute atomic E-state index is 0.142. The minimum Gasteiger partial charge on any atom is -0.295 e. The van der Waals surface area contributed by atoms with Crippen LogP contribution < -0.4 is 0 Å². The second kappa shape index (κ2) is 5.21. The maximum atomic E-state index is 10.4. The SMILES string of the molecule is CCC(C)C/C=C/C(C)=O. The molecule has 0 rings (SSSR count). The van der Waals surface area contributed by atoms with Crippen molar-refractivity contribution in [3.05, 3.63) is 12.2 Å². The zero-order valence-electron chi connectivity index (χ0n) is 7.05. The van der Waals surface area contributed by atoms with Gasteiger partial charge in [0.05, 0.1) is 0 Å². The average Bonchev–Trinajstić information content (AvgIpc) is 1.87. The largest absolute Gasteiger partial charge is 0.295 e. The van der Waals surface area contributed by atoms with Crippen LogP contribution in [0.4, 0.5) is 0 Å². The zero-order chi connectivity index (χ0) is 7.98. The Balaban J connectivity index is 3.43. The fourth-order valence-electron chi connectivity index (χ4n) is 0.633. The van der Waals surface area contributed by atoms with E-state index in [1.165, 1.54) is 6.42 Å². The Morgan fingerprint density at radius 1 is 1.60 bits per heavy atom. The fraction of sp³-hybridized carbons (Fsp3) is 0.667. The van der Waals surface area contributed by atoms with E-state index in [4.69, 9.17) is 0 Å². The third-order valence-corrected chi connectivity index (χ3v) is 1.59. The van der Waals surface area contributed by atoms with E-state index in [-0.39, 0.29) is 5.78 Å². The molecular weight excluding hydrogens is 124 g/mol. The first-order valence-electron chi connectivity index (χ1n) is 3.84. The van der Waals surface area contributed by atoms with E-state index in [1.54, 1.807) is 13.0 Å². The zero-order valence-corrected chi connectivity index (χ0v) is 7.05. The molecule has 0 aromatic carbocycles. The summed E-state index contributed by atoms with van der Waals surface area (Å²) in [6.07, 6.45) is 5.81. The lowest BCUT2D eigenvalue weighted by Crippen LogP contribution is -1.89. The molecule has 0 aliphatic heterocycles. The Morgan fingerprint density at radius 3 is 2.60 bits per heavy atom. The highest BCUT2D eigenvalue weighted by atomic mass is 16.1. The van der Waals surface area contributed by atoms with Crippen molar-refractivity contribution in [2.24, 2.45) is 5.92 Å². The van der Waals surface area contributed by atoms with Crippen molar-refractivity contribution >= 4 is 5.78 Å². The average molecular weight is 140 g/mol. The van der Waals surface area contributed by atoms with Crippen LogP contribution >= 0.6 is 0 Å². The highest BCUT2D eigenvalue weighted by molar-refractivity contribution is 5.87. The molecule has 0 saturated carbocycles. The van der Waals surface area contributed by atoms with Crippen molar-refractivity contribution in [3.8, 4) is 0 Å². The molecule has 0 heterocycles. The molecule has 58 valence electrons. The number of allylic oxidation sites excluding steroid dienone is 2. The van der Waals surface area contributed by atoms with Gasteiger partial charge in [0.2, 0.25) is 0 Å². The Morgan fingerprint density at radius 2 is 2.20 bits per heavy atom. The first-order chi connectivity index (χ1) is 4.66. The van der Waals surface area contributed by atoms with E-state index in [9.17, 15) is 4.79 Å².